The molecule has 4 aromatic rings. The molecule has 0 fully saturated rings. The molecule has 0 spiro atoms. The lowest BCUT2D eigenvalue weighted by Crippen LogP contribution is -2.16. The van der Waals surface area contributed by atoms with Gasteiger partial charge in [-0.3, -0.25) is 4.79 Å². The van der Waals surface area contributed by atoms with Crippen LogP contribution in [0.25, 0.3) is 22.5 Å². The number of thioether (sulfide) groups is 1. The maximum Gasteiger partial charge on any atom is 0.341 e. The topological polar surface area (TPSA) is 86.1 Å². The van der Waals surface area contributed by atoms with E-state index in [0.717, 1.165) is 16.7 Å². The smallest absolute Gasteiger partial charge is 0.341 e. The summed E-state index contributed by atoms with van der Waals surface area (Å²) >= 11 is 2.51. The van der Waals surface area contributed by atoms with Crippen LogP contribution in [0.3, 0.4) is 0 Å². The number of nitrogens with one attached hydrogen (secondary N) is 1. The van der Waals surface area contributed by atoms with E-state index in [1.807, 2.05) is 48.1 Å². The number of carbonyl (C=O) groups excluding carboxylic acids is 2. The van der Waals surface area contributed by atoms with Crippen LogP contribution >= 0.6 is 23.1 Å². The van der Waals surface area contributed by atoms with Gasteiger partial charge in [-0.2, -0.15) is 0 Å². The van der Waals surface area contributed by atoms with Crippen LogP contribution in [0.15, 0.2) is 59.1 Å². The number of anilines is 1. The van der Waals surface area contributed by atoms with Crippen molar-refractivity contribution >= 4 is 40.0 Å². The lowest BCUT2D eigenvalue weighted by molar-refractivity contribution is -0.113. The third-order valence-corrected chi connectivity index (χ3v) is 7.13. The summed E-state index contributed by atoms with van der Waals surface area (Å²) in [5.41, 5.74) is 3.75. The van der Waals surface area contributed by atoms with Crippen LogP contribution in [0.1, 0.15) is 22.8 Å². The highest BCUT2D eigenvalue weighted by Crippen LogP contribution is 2.36. The molecule has 4 rings (SSSR count). The van der Waals surface area contributed by atoms with E-state index in [2.05, 4.69) is 15.5 Å². The van der Waals surface area contributed by atoms with Crippen molar-refractivity contribution in [1.29, 1.82) is 0 Å². The number of esters is 1. The number of benzene rings is 2. The number of aromatic nitrogens is 3. The molecule has 2 heterocycles. The fourth-order valence-corrected chi connectivity index (χ4v) is 5.26. The van der Waals surface area contributed by atoms with Gasteiger partial charge in [0.05, 0.1) is 12.9 Å². The summed E-state index contributed by atoms with van der Waals surface area (Å²) in [7, 11) is 1.32. The number of hydrogen-bond donors (Lipinski definition) is 1. The number of halogens is 1. The van der Waals surface area contributed by atoms with Crippen LogP contribution in [0.4, 0.5) is 9.39 Å². The second-order valence-corrected chi connectivity index (χ2v) is 9.43. The average Bonchev–Trinajstić information content (AvgIpc) is 3.47. The molecule has 0 aliphatic carbocycles. The molecule has 0 atom stereocenters. The van der Waals surface area contributed by atoms with Crippen LogP contribution in [0.2, 0.25) is 0 Å². The van der Waals surface area contributed by atoms with E-state index in [9.17, 15) is 14.0 Å². The molecule has 1 amide bonds. The molecule has 0 radical (unpaired) electrons. The molecule has 0 saturated carbocycles. The third-order valence-electron chi connectivity index (χ3n) is 5.26. The Hall–Kier alpha value is -3.50. The third kappa shape index (κ3) is 5.44. The van der Waals surface area contributed by atoms with Gasteiger partial charge in [-0.1, -0.05) is 41.6 Å². The van der Waals surface area contributed by atoms with E-state index >= 15 is 0 Å². The van der Waals surface area contributed by atoms with Crippen LogP contribution in [-0.2, 0) is 16.1 Å². The monoisotopic (exact) mass is 510 g/mol. The van der Waals surface area contributed by atoms with Crippen LogP contribution in [-0.4, -0.2) is 39.5 Å². The first-order valence-electron chi connectivity index (χ1n) is 10.8. The van der Waals surface area contributed by atoms with Gasteiger partial charge in [-0.15, -0.1) is 21.5 Å². The Balaban J connectivity index is 1.50. The zero-order valence-corrected chi connectivity index (χ0v) is 21.0. The standard InChI is InChI=1S/C25H23FN4O3S2/c1-4-30-22(17-9-11-18(26)12-10-17)28-29-25(30)35-14-20(31)27-23-21(24(32)33-3)19(13-34-23)16-7-5-15(2)6-8-16/h5-13H,4,14H2,1-3H3,(H,27,31). The van der Waals surface area contributed by atoms with Crippen molar-refractivity contribution in [2.24, 2.45) is 0 Å². The normalized spacial score (nSPS) is 10.9. The second kappa shape index (κ2) is 10.8. The Morgan fingerprint density at radius 2 is 1.77 bits per heavy atom. The predicted molar refractivity (Wildman–Crippen MR) is 136 cm³/mol. The van der Waals surface area contributed by atoms with Crippen molar-refractivity contribution < 1.29 is 18.7 Å². The van der Waals surface area contributed by atoms with E-state index in [4.69, 9.17) is 4.74 Å². The Kier molecular flexibility index (Phi) is 7.62. The Morgan fingerprint density at radius 3 is 2.43 bits per heavy atom. The van der Waals surface area contributed by atoms with Gasteiger partial charge >= 0.3 is 5.97 Å². The van der Waals surface area contributed by atoms with Gasteiger partial charge in [0.2, 0.25) is 5.91 Å². The van der Waals surface area contributed by atoms with Gasteiger partial charge < -0.3 is 14.6 Å². The number of ether oxygens (including phenoxy) is 1. The van der Waals surface area contributed by atoms with E-state index in [-0.39, 0.29) is 17.5 Å². The number of hydrogen-bond acceptors (Lipinski definition) is 7. The quantitative estimate of drug-likeness (QED) is 0.243. The molecule has 2 aromatic heterocycles. The average molecular weight is 511 g/mol. The summed E-state index contributed by atoms with van der Waals surface area (Å²) in [6, 6.07) is 13.8. The zero-order valence-electron chi connectivity index (χ0n) is 19.4. The number of carbonyl (C=O) groups is 2. The van der Waals surface area contributed by atoms with Crippen molar-refractivity contribution in [3.8, 4) is 22.5 Å². The van der Waals surface area contributed by atoms with Gasteiger partial charge in [0, 0.05) is 23.1 Å². The Labute approximate surface area is 210 Å². The van der Waals surface area contributed by atoms with E-state index in [1.165, 1.54) is 42.3 Å². The molecular formula is C25H23FN4O3S2. The first-order valence-corrected chi connectivity index (χ1v) is 12.7. The number of aryl methyl sites for hydroxylation is 1. The van der Waals surface area contributed by atoms with Crippen LogP contribution in [0.5, 0.6) is 0 Å². The number of rotatable bonds is 8. The summed E-state index contributed by atoms with van der Waals surface area (Å²) in [4.78, 5) is 25.3. The van der Waals surface area contributed by atoms with Crippen molar-refractivity contribution in [3.05, 3.63) is 70.9 Å². The first-order chi connectivity index (χ1) is 16.9. The van der Waals surface area contributed by atoms with E-state index < -0.39 is 5.97 Å². The van der Waals surface area contributed by atoms with Crippen LogP contribution in [0, 0.1) is 12.7 Å². The van der Waals surface area contributed by atoms with Gasteiger partial charge in [0.25, 0.3) is 0 Å². The van der Waals surface area contributed by atoms with Crippen LogP contribution < -0.4 is 5.32 Å². The molecule has 0 aliphatic heterocycles. The maximum atomic E-state index is 13.3. The highest BCUT2D eigenvalue weighted by molar-refractivity contribution is 7.99. The SMILES string of the molecule is CCn1c(SCC(=O)Nc2scc(-c3ccc(C)cc3)c2C(=O)OC)nnc1-c1ccc(F)cc1. The molecule has 0 aliphatic rings. The molecule has 35 heavy (non-hydrogen) atoms. The van der Waals surface area contributed by atoms with E-state index in [1.54, 1.807) is 12.1 Å². The number of thiophene rings is 1. The molecule has 0 unspecified atom stereocenters. The summed E-state index contributed by atoms with van der Waals surface area (Å²) in [6.07, 6.45) is 0. The minimum absolute atomic E-state index is 0.0694. The molecule has 0 bridgehead atoms. The van der Waals surface area contributed by atoms with Crippen molar-refractivity contribution in [2.45, 2.75) is 25.5 Å². The molecule has 0 saturated heterocycles. The molecule has 180 valence electrons. The lowest BCUT2D eigenvalue weighted by Gasteiger charge is -2.09. The maximum absolute atomic E-state index is 13.3. The number of amides is 1. The largest absolute Gasteiger partial charge is 0.465 e. The summed E-state index contributed by atoms with van der Waals surface area (Å²) in [6.45, 7) is 4.52. The summed E-state index contributed by atoms with van der Waals surface area (Å²) in [5, 5.41) is 14.1. The fraction of sp³-hybridized carbons (Fsp3) is 0.200. The van der Waals surface area contributed by atoms with Gasteiger partial charge in [-0.05, 0) is 43.7 Å². The van der Waals surface area contributed by atoms with Crippen molar-refractivity contribution in [2.75, 3.05) is 18.2 Å². The first kappa shape index (κ1) is 24.6. The highest BCUT2D eigenvalue weighted by Gasteiger charge is 2.23. The lowest BCUT2D eigenvalue weighted by atomic mass is 10.0. The number of methoxy groups -OCH3 is 1. The predicted octanol–water partition coefficient (Wildman–Crippen LogP) is 5.66. The van der Waals surface area contributed by atoms with Crippen molar-refractivity contribution in [1.82, 2.24) is 14.8 Å². The Morgan fingerprint density at radius 1 is 1.09 bits per heavy atom. The zero-order chi connectivity index (χ0) is 24.9. The second-order valence-electron chi connectivity index (χ2n) is 7.61. The summed E-state index contributed by atoms with van der Waals surface area (Å²) in [5.74, 6) is -0.455. The minimum Gasteiger partial charge on any atom is -0.465 e. The van der Waals surface area contributed by atoms with Crippen molar-refractivity contribution in [3.63, 3.8) is 0 Å². The molecule has 1 N–H and O–H groups in total. The van der Waals surface area contributed by atoms with E-state index in [0.29, 0.717) is 33.7 Å². The molecule has 7 nitrogen and oxygen atoms in total. The highest BCUT2D eigenvalue weighted by atomic mass is 32.2. The molecule has 2 aromatic carbocycles. The molecular weight excluding hydrogens is 487 g/mol. The fourth-order valence-electron chi connectivity index (χ4n) is 3.49. The molecule has 10 heteroatoms. The number of nitrogens with zero attached hydrogens (tertiary/aromatic N) is 3. The Bertz CT molecular complexity index is 1350. The van der Waals surface area contributed by atoms with Gasteiger partial charge in [0.15, 0.2) is 11.0 Å². The van der Waals surface area contributed by atoms with Gasteiger partial charge in [0.1, 0.15) is 16.4 Å². The minimum atomic E-state index is -0.514. The van der Waals surface area contributed by atoms with Gasteiger partial charge in [-0.25, -0.2) is 9.18 Å². The summed E-state index contributed by atoms with van der Waals surface area (Å²) < 4.78 is 20.1.